The second-order valence-electron chi connectivity index (χ2n) is 7.81. The molecule has 32 heavy (non-hydrogen) atoms. The number of carboxylic acids is 1. The normalized spacial score (nSPS) is 14.0. The van der Waals surface area contributed by atoms with Crippen LogP contribution in [-0.4, -0.2) is 44.0 Å². The van der Waals surface area contributed by atoms with Crippen molar-refractivity contribution in [2.24, 2.45) is 0 Å². The number of nitrogens with one attached hydrogen (secondary N) is 1. The van der Waals surface area contributed by atoms with Gasteiger partial charge in [-0.2, -0.15) is 0 Å². The highest BCUT2D eigenvalue weighted by atomic mass is 32.2. The van der Waals surface area contributed by atoms with Crippen LogP contribution in [0.25, 0.3) is 6.08 Å². The van der Waals surface area contributed by atoms with Gasteiger partial charge in [-0.1, -0.05) is 32.1 Å². The lowest BCUT2D eigenvalue weighted by molar-refractivity contribution is 0.0696. The highest BCUT2D eigenvalue weighted by Crippen LogP contribution is 2.32. The van der Waals surface area contributed by atoms with Crippen molar-refractivity contribution in [3.05, 3.63) is 64.5 Å². The molecule has 0 unspecified atom stereocenters. The number of anilines is 1. The summed E-state index contributed by atoms with van der Waals surface area (Å²) < 4.78 is 42.8. The predicted octanol–water partition coefficient (Wildman–Crippen LogP) is 4.56. The molecule has 0 spiro atoms. The number of benzene rings is 2. The van der Waals surface area contributed by atoms with Gasteiger partial charge in [-0.25, -0.2) is 17.6 Å². The van der Waals surface area contributed by atoms with Crippen molar-refractivity contribution in [1.82, 2.24) is 4.90 Å². The fourth-order valence-electron chi connectivity index (χ4n) is 4.06. The van der Waals surface area contributed by atoms with Gasteiger partial charge in [-0.3, -0.25) is 4.72 Å². The molecule has 0 bridgehead atoms. The maximum absolute atomic E-state index is 13.9. The molecule has 1 aliphatic carbocycles. The summed E-state index contributed by atoms with van der Waals surface area (Å²) in [7, 11) is -4.15. The fourth-order valence-corrected chi connectivity index (χ4v) is 5.32. The number of aryl methyl sites for hydroxylation is 1. The predicted molar refractivity (Wildman–Crippen MR) is 124 cm³/mol. The Bertz CT molecular complexity index is 1130. The van der Waals surface area contributed by atoms with Gasteiger partial charge >= 0.3 is 5.97 Å². The summed E-state index contributed by atoms with van der Waals surface area (Å²) in [6, 6.07) is 6.74. The SMILES string of the molecule is CCN(CC)C/C=C\c1cc(F)ccc1S(=O)(=O)Nc1ccc2c(c1C(=O)O)CCCC2. The fraction of sp³-hybridized carbons (Fsp3) is 0.375. The monoisotopic (exact) mass is 460 g/mol. The zero-order valence-electron chi connectivity index (χ0n) is 18.4. The summed E-state index contributed by atoms with van der Waals surface area (Å²) >= 11 is 0. The first kappa shape index (κ1) is 23.9. The molecule has 0 amide bonds. The molecule has 0 aliphatic heterocycles. The van der Waals surface area contributed by atoms with E-state index in [-0.39, 0.29) is 21.7 Å². The Kier molecular flexibility index (Phi) is 7.69. The van der Waals surface area contributed by atoms with E-state index in [1.807, 2.05) is 13.8 Å². The molecule has 1 aliphatic rings. The van der Waals surface area contributed by atoms with Gasteiger partial charge in [0.15, 0.2) is 0 Å². The molecule has 2 N–H and O–H groups in total. The van der Waals surface area contributed by atoms with Crippen LogP contribution in [0.3, 0.4) is 0 Å². The van der Waals surface area contributed by atoms with Crippen LogP contribution in [0.4, 0.5) is 10.1 Å². The molecule has 172 valence electrons. The highest BCUT2D eigenvalue weighted by Gasteiger charge is 2.25. The molecule has 0 heterocycles. The summed E-state index contributed by atoms with van der Waals surface area (Å²) in [4.78, 5) is 14.0. The first-order valence-corrected chi connectivity index (χ1v) is 12.3. The Balaban J connectivity index is 1.98. The molecule has 6 nitrogen and oxygen atoms in total. The number of hydrogen-bond acceptors (Lipinski definition) is 4. The van der Waals surface area contributed by atoms with E-state index in [9.17, 15) is 22.7 Å². The standard InChI is InChI=1S/C24H29FN2O4S/c1-3-27(4-2)15-7-9-18-16-19(25)12-14-22(18)32(30,31)26-21-13-11-17-8-5-6-10-20(17)23(21)24(28)29/h7,9,11-14,16,26H,3-6,8,10,15H2,1-2H3,(H,28,29)/b9-7-. The molecule has 0 atom stereocenters. The number of rotatable bonds is 9. The maximum atomic E-state index is 13.9. The minimum Gasteiger partial charge on any atom is -0.478 e. The molecular weight excluding hydrogens is 431 g/mol. The number of likely N-dealkylation sites (N-methyl/N-ethyl adjacent to an activating group) is 1. The quantitative estimate of drug-likeness (QED) is 0.573. The van der Waals surface area contributed by atoms with E-state index in [1.54, 1.807) is 18.2 Å². The minimum atomic E-state index is -4.15. The summed E-state index contributed by atoms with van der Waals surface area (Å²) in [5.41, 5.74) is 1.85. The molecule has 0 radical (unpaired) electrons. The van der Waals surface area contributed by atoms with E-state index >= 15 is 0 Å². The van der Waals surface area contributed by atoms with E-state index in [0.717, 1.165) is 50.0 Å². The van der Waals surface area contributed by atoms with Crippen LogP contribution in [0.1, 0.15) is 53.7 Å². The Morgan fingerprint density at radius 2 is 1.88 bits per heavy atom. The Labute approximate surface area is 188 Å². The lowest BCUT2D eigenvalue weighted by Gasteiger charge is -2.21. The summed E-state index contributed by atoms with van der Waals surface area (Å²) in [5.74, 6) is -1.72. The van der Waals surface area contributed by atoms with Crippen LogP contribution in [0, 0.1) is 5.82 Å². The van der Waals surface area contributed by atoms with Gasteiger partial charge in [0.2, 0.25) is 0 Å². The molecule has 3 rings (SSSR count). The maximum Gasteiger partial charge on any atom is 0.338 e. The summed E-state index contributed by atoms with van der Waals surface area (Å²) in [6.45, 7) is 6.33. The van der Waals surface area contributed by atoms with Gasteiger partial charge in [0.1, 0.15) is 5.82 Å². The molecule has 8 heteroatoms. The molecule has 2 aromatic rings. The van der Waals surface area contributed by atoms with Gasteiger partial charge in [0.05, 0.1) is 16.1 Å². The minimum absolute atomic E-state index is 0.00786. The van der Waals surface area contributed by atoms with E-state index in [4.69, 9.17) is 0 Å². The van der Waals surface area contributed by atoms with Gasteiger partial charge in [0, 0.05) is 6.54 Å². The Morgan fingerprint density at radius 3 is 2.56 bits per heavy atom. The van der Waals surface area contributed by atoms with Crippen LogP contribution in [-0.2, 0) is 22.9 Å². The van der Waals surface area contributed by atoms with Crippen LogP contribution in [0.2, 0.25) is 0 Å². The highest BCUT2D eigenvalue weighted by molar-refractivity contribution is 7.92. The van der Waals surface area contributed by atoms with Gasteiger partial charge in [-0.15, -0.1) is 0 Å². The summed E-state index contributed by atoms with van der Waals surface area (Å²) in [6.07, 6.45) is 6.60. The number of sulfonamides is 1. The third-order valence-corrected chi connectivity index (χ3v) is 7.25. The van der Waals surface area contributed by atoms with Crippen molar-refractivity contribution in [3.8, 4) is 0 Å². The number of aromatic carboxylic acids is 1. The third kappa shape index (κ3) is 5.37. The smallest absolute Gasteiger partial charge is 0.338 e. The molecule has 0 aromatic heterocycles. The van der Waals surface area contributed by atoms with E-state index in [2.05, 4.69) is 9.62 Å². The number of carboxylic acid groups (broad SMARTS) is 1. The summed E-state index contributed by atoms with van der Waals surface area (Å²) in [5, 5.41) is 9.79. The average molecular weight is 461 g/mol. The molecule has 0 saturated heterocycles. The lowest BCUT2D eigenvalue weighted by Crippen LogP contribution is -2.22. The van der Waals surface area contributed by atoms with Crippen LogP contribution < -0.4 is 4.72 Å². The van der Waals surface area contributed by atoms with E-state index in [1.165, 1.54) is 12.1 Å². The van der Waals surface area contributed by atoms with Gasteiger partial charge < -0.3 is 10.0 Å². The topological polar surface area (TPSA) is 86.7 Å². The first-order chi connectivity index (χ1) is 15.3. The largest absolute Gasteiger partial charge is 0.478 e. The number of fused-ring (bicyclic) bond motifs is 1. The van der Waals surface area contributed by atoms with Gasteiger partial charge in [-0.05, 0) is 79.7 Å². The van der Waals surface area contributed by atoms with Crippen molar-refractivity contribution in [2.45, 2.75) is 44.4 Å². The van der Waals surface area contributed by atoms with E-state index < -0.39 is 21.8 Å². The van der Waals surface area contributed by atoms with Crippen molar-refractivity contribution >= 4 is 27.8 Å². The first-order valence-electron chi connectivity index (χ1n) is 10.9. The molecule has 0 fully saturated rings. The van der Waals surface area contributed by atoms with Crippen LogP contribution >= 0.6 is 0 Å². The van der Waals surface area contributed by atoms with Crippen LogP contribution in [0.5, 0.6) is 0 Å². The third-order valence-electron chi connectivity index (χ3n) is 5.81. The lowest BCUT2D eigenvalue weighted by atomic mass is 9.87. The second kappa shape index (κ2) is 10.3. The second-order valence-corrected chi connectivity index (χ2v) is 9.46. The van der Waals surface area contributed by atoms with Crippen LogP contribution in [0.15, 0.2) is 41.3 Å². The Morgan fingerprint density at radius 1 is 1.16 bits per heavy atom. The van der Waals surface area contributed by atoms with Crippen molar-refractivity contribution in [2.75, 3.05) is 24.4 Å². The average Bonchev–Trinajstić information content (AvgIpc) is 2.76. The van der Waals surface area contributed by atoms with Gasteiger partial charge in [0.25, 0.3) is 10.0 Å². The zero-order chi connectivity index (χ0) is 23.3. The number of nitrogens with zero attached hydrogens (tertiary/aromatic N) is 1. The molecule has 2 aromatic carbocycles. The zero-order valence-corrected chi connectivity index (χ0v) is 19.2. The number of carbonyl (C=O) groups is 1. The number of halogens is 1. The molecular formula is C24H29FN2O4S. The van der Waals surface area contributed by atoms with Crippen molar-refractivity contribution < 1.29 is 22.7 Å². The number of hydrogen-bond donors (Lipinski definition) is 2. The molecule has 0 saturated carbocycles. The van der Waals surface area contributed by atoms with Crippen molar-refractivity contribution in [1.29, 1.82) is 0 Å². The van der Waals surface area contributed by atoms with E-state index in [0.29, 0.717) is 18.5 Å². The van der Waals surface area contributed by atoms with Crippen molar-refractivity contribution in [3.63, 3.8) is 0 Å². The Hall–Kier alpha value is -2.71.